The van der Waals surface area contributed by atoms with Gasteiger partial charge >= 0.3 is 5.97 Å². The number of aliphatic hydroxyl groups is 1. The van der Waals surface area contributed by atoms with Crippen molar-refractivity contribution in [1.29, 1.82) is 0 Å². The number of hydrogen-bond acceptors (Lipinski definition) is 9. The predicted molar refractivity (Wildman–Crippen MR) is 134 cm³/mol. The number of methoxy groups -OCH3 is 1. The molecule has 0 saturated heterocycles. The number of allylic oxidation sites excluding steroid dienone is 2. The Morgan fingerprint density at radius 3 is 2.33 bits per heavy atom. The van der Waals surface area contributed by atoms with Gasteiger partial charge in [-0.25, -0.2) is 0 Å². The Kier molecular flexibility index (Phi) is 10.9. The van der Waals surface area contributed by atoms with Crippen molar-refractivity contribution in [2.75, 3.05) is 13.7 Å². The van der Waals surface area contributed by atoms with E-state index in [1.165, 1.54) is 55.7 Å². The molecular formula is C27H31NO8. The number of hydrogen-bond donors (Lipinski definition) is 4. The lowest BCUT2D eigenvalue weighted by molar-refractivity contribution is -0.145. The zero-order valence-corrected chi connectivity index (χ0v) is 20.3. The smallest absolute Gasteiger partial charge is 0.323 e. The minimum absolute atomic E-state index is 0.0506. The van der Waals surface area contributed by atoms with Gasteiger partial charge in [-0.3, -0.25) is 14.4 Å². The SMILES string of the molecule is CCCOC(=O)[C@@H](N)Cc1cc(O)c(OC)cc1/C=C/C(=O)CC(=O)/C=C/c1ccc(O)c(CO)c1. The fourth-order valence-corrected chi connectivity index (χ4v) is 3.25. The highest BCUT2D eigenvalue weighted by atomic mass is 16.5. The second-order valence-electron chi connectivity index (χ2n) is 8.02. The molecule has 0 heterocycles. The normalized spacial score (nSPS) is 12.1. The highest BCUT2D eigenvalue weighted by molar-refractivity contribution is 6.11. The first-order valence-corrected chi connectivity index (χ1v) is 11.3. The van der Waals surface area contributed by atoms with Gasteiger partial charge in [0.2, 0.25) is 0 Å². The molecular weight excluding hydrogens is 466 g/mol. The first-order valence-electron chi connectivity index (χ1n) is 11.3. The zero-order chi connectivity index (χ0) is 26.7. The summed E-state index contributed by atoms with van der Waals surface area (Å²) in [5, 5.41) is 29.0. The number of carbonyl (C=O) groups is 3. The van der Waals surface area contributed by atoms with Crippen LogP contribution in [0.1, 0.15) is 42.0 Å². The second kappa shape index (κ2) is 13.8. The highest BCUT2D eigenvalue weighted by Crippen LogP contribution is 2.31. The molecule has 0 bridgehead atoms. The Morgan fingerprint density at radius 2 is 1.69 bits per heavy atom. The number of nitrogens with two attached hydrogens (primary N) is 1. The Bertz CT molecular complexity index is 1150. The molecule has 2 aromatic carbocycles. The maximum absolute atomic E-state index is 12.4. The summed E-state index contributed by atoms with van der Waals surface area (Å²) in [6.07, 6.45) is 5.75. The monoisotopic (exact) mass is 497 g/mol. The van der Waals surface area contributed by atoms with E-state index in [2.05, 4.69) is 0 Å². The number of ether oxygens (including phenoxy) is 2. The number of aromatic hydroxyl groups is 2. The van der Waals surface area contributed by atoms with Gasteiger partial charge in [-0.2, -0.15) is 0 Å². The predicted octanol–water partition coefficient (Wildman–Crippen LogP) is 2.68. The summed E-state index contributed by atoms with van der Waals surface area (Å²) in [6.45, 7) is 1.76. The van der Waals surface area contributed by atoms with Gasteiger partial charge in [0.05, 0.1) is 26.7 Å². The molecule has 0 saturated carbocycles. The molecule has 0 aromatic heterocycles. The van der Waals surface area contributed by atoms with Crippen molar-refractivity contribution < 1.29 is 39.2 Å². The van der Waals surface area contributed by atoms with Crippen LogP contribution in [-0.2, 0) is 32.1 Å². The van der Waals surface area contributed by atoms with Gasteiger partial charge in [-0.05, 0) is 65.9 Å². The van der Waals surface area contributed by atoms with Crippen LogP contribution in [0, 0.1) is 0 Å². The third kappa shape index (κ3) is 8.37. The van der Waals surface area contributed by atoms with Crippen LogP contribution in [0.4, 0.5) is 0 Å². The zero-order valence-electron chi connectivity index (χ0n) is 20.3. The van der Waals surface area contributed by atoms with Crippen molar-refractivity contribution in [2.24, 2.45) is 5.73 Å². The lowest BCUT2D eigenvalue weighted by atomic mass is 9.98. The molecule has 0 spiro atoms. The Morgan fingerprint density at radius 1 is 1.00 bits per heavy atom. The fourth-order valence-electron chi connectivity index (χ4n) is 3.25. The Hall–Kier alpha value is -3.95. The number of rotatable bonds is 13. The van der Waals surface area contributed by atoms with Crippen LogP contribution in [-0.4, -0.2) is 52.6 Å². The van der Waals surface area contributed by atoms with E-state index in [4.69, 9.17) is 15.2 Å². The molecule has 192 valence electrons. The van der Waals surface area contributed by atoms with Crippen molar-refractivity contribution in [1.82, 2.24) is 0 Å². The number of aliphatic hydroxyl groups excluding tert-OH is 1. The van der Waals surface area contributed by atoms with Crippen LogP contribution in [0.2, 0.25) is 0 Å². The van der Waals surface area contributed by atoms with Gasteiger partial charge in [-0.15, -0.1) is 0 Å². The summed E-state index contributed by atoms with van der Waals surface area (Å²) < 4.78 is 10.2. The molecule has 0 unspecified atom stereocenters. The molecule has 9 nitrogen and oxygen atoms in total. The van der Waals surface area contributed by atoms with Crippen LogP contribution in [0.5, 0.6) is 17.2 Å². The van der Waals surface area contributed by atoms with Crippen LogP contribution in [0.25, 0.3) is 12.2 Å². The number of benzene rings is 2. The molecule has 9 heteroatoms. The Balaban J connectivity index is 2.12. The second-order valence-corrected chi connectivity index (χ2v) is 8.02. The van der Waals surface area contributed by atoms with E-state index in [-0.39, 0.29) is 43.3 Å². The maximum atomic E-state index is 12.4. The van der Waals surface area contributed by atoms with Gasteiger partial charge < -0.3 is 30.5 Å². The minimum atomic E-state index is -0.967. The molecule has 2 rings (SSSR count). The van der Waals surface area contributed by atoms with Crippen LogP contribution in [0.3, 0.4) is 0 Å². The summed E-state index contributed by atoms with van der Waals surface area (Å²) in [5.74, 6) is -1.50. The Labute approximate surface area is 209 Å². The lowest BCUT2D eigenvalue weighted by Crippen LogP contribution is -2.34. The molecule has 0 aliphatic carbocycles. The molecule has 36 heavy (non-hydrogen) atoms. The van der Waals surface area contributed by atoms with E-state index < -0.39 is 23.6 Å². The number of esters is 1. The van der Waals surface area contributed by atoms with Crippen LogP contribution in [0.15, 0.2) is 42.5 Å². The molecule has 5 N–H and O–H groups in total. The van der Waals surface area contributed by atoms with Gasteiger partial charge in [0.25, 0.3) is 0 Å². The highest BCUT2D eigenvalue weighted by Gasteiger charge is 2.19. The summed E-state index contributed by atoms with van der Waals surface area (Å²) in [5.41, 5.74) is 7.84. The van der Waals surface area contributed by atoms with Crippen LogP contribution >= 0.6 is 0 Å². The van der Waals surface area contributed by atoms with Gasteiger partial charge in [0.15, 0.2) is 23.1 Å². The first kappa shape index (κ1) is 28.3. The first-order chi connectivity index (χ1) is 17.2. The van der Waals surface area contributed by atoms with E-state index in [0.717, 1.165) is 0 Å². The summed E-state index contributed by atoms with van der Waals surface area (Å²) in [7, 11) is 1.38. The number of carbonyl (C=O) groups excluding carboxylic acids is 3. The minimum Gasteiger partial charge on any atom is -0.508 e. The van der Waals surface area contributed by atoms with Gasteiger partial charge in [0.1, 0.15) is 11.8 Å². The van der Waals surface area contributed by atoms with E-state index in [9.17, 15) is 29.7 Å². The van der Waals surface area contributed by atoms with Gasteiger partial charge in [-0.1, -0.05) is 25.1 Å². The van der Waals surface area contributed by atoms with E-state index in [0.29, 0.717) is 28.7 Å². The average molecular weight is 498 g/mol. The lowest BCUT2D eigenvalue weighted by Gasteiger charge is -2.15. The fraction of sp³-hybridized carbons (Fsp3) is 0.296. The van der Waals surface area contributed by atoms with E-state index >= 15 is 0 Å². The molecule has 0 aliphatic rings. The van der Waals surface area contributed by atoms with Crippen molar-refractivity contribution >= 4 is 29.7 Å². The molecule has 0 aliphatic heterocycles. The maximum Gasteiger partial charge on any atom is 0.323 e. The average Bonchev–Trinajstić information content (AvgIpc) is 2.86. The van der Waals surface area contributed by atoms with Crippen molar-refractivity contribution in [3.8, 4) is 17.2 Å². The van der Waals surface area contributed by atoms with Crippen molar-refractivity contribution in [2.45, 2.75) is 38.8 Å². The third-order valence-corrected chi connectivity index (χ3v) is 5.16. The number of ketones is 2. The standard InChI is InChI=1S/C27H31NO8/c1-3-10-36-27(34)23(28)12-19-13-25(33)26(35-2)14-18(19)6-8-22(31)15-21(30)7-4-17-5-9-24(32)20(11-17)16-29/h4-9,11,13-14,23,29,32-33H,3,10,12,15-16,28H2,1-2H3/b7-4+,8-6+/t23-/m0/s1. The number of phenols is 2. The van der Waals surface area contributed by atoms with Crippen LogP contribution < -0.4 is 10.5 Å². The summed E-state index contributed by atoms with van der Waals surface area (Å²) in [6, 6.07) is 6.45. The molecule has 0 radical (unpaired) electrons. The van der Waals surface area contributed by atoms with E-state index in [1.807, 2.05) is 6.92 Å². The van der Waals surface area contributed by atoms with E-state index in [1.54, 1.807) is 6.07 Å². The van der Waals surface area contributed by atoms with Gasteiger partial charge in [0, 0.05) is 5.56 Å². The number of phenolic OH excluding ortho intramolecular Hbond substituents is 1. The van der Waals surface area contributed by atoms with Crippen molar-refractivity contribution in [3.05, 3.63) is 64.7 Å². The molecule has 0 amide bonds. The molecule has 2 aromatic rings. The third-order valence-electron chi connectivity index (χ3n) is 5.16. The molecule has 0 fully saturated rings. The molecule has 1 atom stereocenters. The largest absolute Gasteiger partial charge is 0.508 e. The topological polar surface area (TPSA) is 156 Å². The van der Waals surface area contributed by atoms with Crippen molar-refractivity contribution in [3.63, 3.8) is 0 Å². The summed E-state index contributed by atoms with van der Waals surface area (Å²) in [4.78, 5) is 36.6. The quantitative estimate of drug-likeness (QED) is 0.186. The summed E-state index contributed by atoms with van der Waals surface area (Å²) >= 11 is 0.